The molecule has 1 N–H and O–H groups in total. The van der Waals surface area contributed by atoms with E-state index < -0.39 is 0 Å². The zero-order chi connectivity index (χ0) is 13.9. The van der Waals surface area contributed by atoms with E-state index in [4.69, 9.17) is 9.57 Å². The standard InChI is InChI=1S/C14H20BrNO3/c1-18-13-8-6-12(7-9-13)11-19-16-14(17)5-3-2-4-10-15/h6-9H,2-5,10-11H2,1H3,(H,16,17). The Bertz CT molecular complexity index is 367. The highest BCUT2D eigenvalue weighted by molar-refractivity contribution is 9.09. The van der Waals surface area contributed by atoms with Crippen molar-refractivity contribution in [1.82, 2.24) is 5.48 Å². The summed E-state index contributed by atoms with van der Waals surface area (Å²) >= 11 is 3.36. The van der Waals surface area contributed by atoms with E-state index in [0.29, 0.717) is 13.0 Å². The first-order valence-corrected chi connectivity index (χ1v) is 7.48. The first-order valence-electron chi connectivity index (χ1n) is 6.36. The molecule has 5 heteroatoms. The summed E-state index contributed by atoms with van der Waals surface area (Å²) in [7, 11) is 1.63. The number of hydrogen-bond donors (Lipinski definition) is 1. The number of amides is 1. The van der Waals surface area contributed by atoms with Gasteiger partial charge in [-0.05, 0) is 30.5 Å². The van der Waals surface area contributed by atoms with Crippen molar-refractivity contribution in [3.8, 4) is 5.75 Å². The van der Waals surface area contributed by atoms with Gasteiger partial charge in [0, 0.05) is 11.8 Å². The van der Waals surface area contributed by atoms with Crippen molar-refractivity contribution >= 4 is 21.8 Å². The molecule has 106 valence electrons. The SMILES string of the molecule is COc1ccc(CONC(=O)CCCCCBr)cc1. The van der Waals surface area contributed by atoms with Crippen LogP contribution in [0.2, 0.25) is 0 Å². The number of methoxy groups -OCH3 is 1. The fourth-order valence-electron chi connectivity index (χ4n) is 1.53. The van der Waals surface area contributed by atoms with E-state index in [2.05, 4.69) is 21.4 Å². The Morgan fingerprint density at radius 2 is 1.95 bits per heavy atom. The molecule has 19 heavy (non-hydrogen) atoms. The second kappa shape index (κ2) is 9.81. The summed E-state index contributed by atoms with van der Waals surface area (Å²) in [6.45, 7) is 0.358. The smallest absolute Gasteiger partial charge is 0.243 e. The summed E-state index contributed by atoms with van der Waals surface area (Å²) in [4.78, 5) is 16.6. The predicted molar refractivity (Wildman–Crippen MR) is 78.2 cm³/mol. The van der Waals surface area contributed by atoms with Crippen LogP contribution in [0.3, 0.4) is 0 Å². The average Bonchev–Trinajstić information content (AvgIpc) is 2.44. The third-order valence-electron chi connectivity index (χ3n) is 2.62. The fraction of sp³-hybridized carbons (Fsp3) is 0.500. The maximum atomic E-state index is 11.4. The van der Waals surface area contributed by atoms with Crippen molar-refractivity contribution in [2.75, 3.05) is 12.4 Å². The van der Waals surface area contributed by atoms with Gasteiger partial charge in [0.1, 0.15) is 5.75 Å². The summed E-state index contributed by atoms with van der Waals surface area (Å²) in [5.41, 5.74) is 3.44. The van der Waals surface area contributed by atoms with Gasteiger partial charge in [-0.25, -0.2) is 5.48 Å². The largest absolute Gasteiger partial charge is 0.497 e. The van der Waals surface area contributed by atoms with E-state index in [9.17, 15) is 4.79 Å². The molecule has 0 aromatic heterocycles. The normalized spacial score (nSPS) is 10.2. The molecule has 0 unspecified atom stereocenters. The Hall–Kier alpha value is -1.07. The molecular weight excluding hydrogens is 310 g/mol. The zero-order valence-electron chi connectivity index (χ0n) is 11.2. The number of benzene rings is 1. The Kier molecular flexibility index (Phi) is 8.25. The molecule has 0 radical (unpaired) electrons. The summed E-state index contributed by atoms with van der Waals surface area (Å²) in [6, 6.07) is 7.53. The lowest BCUT2D eigenvalue weighted by Crippen LogP contribution is -2.23. The minimum Gasteiger partial charge on any atom is -0.497 e. The van der Waals surface area contributed by atoms with Crippen molar-refractivity contribution in [3.63, 3.8) is 0 Å². The van der Waals surface area contributed by atoms with Crippen molar-refractivity contribution in [1.29, 1.82) is 0 Å². The Morgan fingerprint density at radius 3 is 2.58 bits per heavy atom. The van der Waals surface area contributed by atoms with Gasteiger partial charge in [-0.3, -0.25) is 9.63 Å². The predicted octanol–water partition coefficient (Wildman–Crippen LogP) is 3.20. The van der Waals surface area contributed by atoms with Crippen LogP contribution in [0, 0.1) is 0 Å². The number of carbonyl (C=O) groups excluding carboxylic acids is 1. The number of hydroxylamine groups is 1. The highest BCUT2D eigenvalue weighted by Gasteiger charge is 2.01. The zero-order valence-corrected chi connectivity index (χ0v) is 12.7. The van der Waals surface area contributed by atoms with Crippen LogP contribution < -0.4 is 10.2 Å². The van der Waals surface area contributed by atoms with Crippen molar-refractivity contribution in [3.05, 3.63) is 29.8 Å². The minimum atomic E-state index is -0.0666. The Morgan fingerprint density at radius 1 is 1.21 bits per heavy atom. The summed E-state index contributed by atoms with van der Waals surface area (Å²) in [5.74, 6) is 0.739. The molecule has 0 aliphatic carbocycles. The number of unbranched alkanes of at least 4 members (excludes halogenated alkanes) is 2. The Labute approximate surface area is 122 Å². The average molecular weight is 330 g/mol. The van der Waals surface area contributed by atoms with Gasteiger partial charge in [-0.1, -0.05) is 34.5 Å². The molecule has 0 bridgehead atoms. The number of hydrogen-bond acceptors (Lipinski definition) is 3. The number of halogens is 1. The van der Waals surface area contributed by atoms with Crippen LogP contribution in [0.5, 0.6) is 5.75 Å². The van der Waals surface area contributed by atoms with E-state index in [1.54, 1.807) is 7.11 Å². The van der Waals surface area contributed by atoms with E-state index in [-0.39, 0.29) is 5.91 Å². The number of alkyl halides is 1. The molecule has 0 heterocycles. The lowest BCUT2D eigenvalue weighted by molar-refractivity contribution is -0.134. The lowest BCUT2D eigenvalue weighted by atomic mass is 10.2. The van der Waals surface area contributed by atoms with Crippen molar-refractivity contribution < 1.29 is 14.4 Å². The minimum absolute atomic E-state index is 0.0666. The molecule has 1 amide bonds. The summed E-state index contributed by atoms with van der Waals surface area (Å²) in [5, 5.41) is 0.989. The fourth-order valence-corrected chi connectivity index (χ4v) is 1.93. The van der Waals surface area contributed by atoms with Gasteiger partial charge in [0.25, 0.3) is 0 Å². The van der Waals surface area contributed by atoms with Gasteiger partial charge in [0.15, 0.2) is 0 Å². The van der Waals surface area contributed by atoms with Crippen molar-refractivity contribution in [2.45, 2.75) is 32.3 Å². The molecule has 1 rings (SSSR count). The number of rotatable bonds is 9. The second-order valence-corrected chi connectivity index (χ2v) is 4.95. The van der Waals surface area contributed by atoms with Gasteiger partial charge < -0.3 is 4.74 Å². The van der Waals surface area contributed by atoms with Gasteiger partial charge >= 0.3 is 0 Å². The second-order valence-electron chi connectivity index (χ2n) is 4.16. The molecule has 1 aromatic carbocycles. The van der Waals surface area contributed by atoms with Gasteiger partial charge in [-0.15, -0.1) is 0 Å². The van der Waals surface area contributed by atoms with E-state index in [1.807, 2.05) is 24.3 Å². The van der Waals surface area contributed by atoms with Crippen LogP contribution in [0.1, 0.15) is 31.2 Å². The number of nitrogens with one attached hydrogen (secondary N) is 1. The van der Waals surface area contributed by atoms with E-state index in [1.165, 1.54) is 0 Å². The van der Waals surface area contributed by atoms with Crippen LogP contribution in [0.15, 0.2) is 24.3 Å². The van der Waals surface area contributed by atoms with Gasteiger partial charge in [0.05, 0.1) is 13.7 Å². The highest BCUT2D eigenvalue weighted by Crippen LogP contribution is 2.11. The molecule has 0 atom stereocenters. The monoisotopic (exact) mass is 329 g/mol. The molecule has 4 nitrogen and oxygen atoms in total. The highest BCUT2D eigenvalue weighted by atomic mass is 79.9. The summed E-state index contributed by atoms with van der Waals surface area (Å²) in [6.07, 6.45) is 3.55. The first kappa shape index (κ1) is 16.0. The van der Waals surface area contributed by atoms with Gasteiger partial charge in [-0.2, -0.15) is 0 Å². The molecule has 0 aliphatic heterocycles. The molecular formula is C14H20BrNO3. The maximum Gasteiger partial charge on any atom is 0.243 e. The number of ether oxygens (including phenoxy) is 1. The molecule has 0 aliphatic rings. The molecule has 0 saturated carbocycles. The van der Waals surface area contributed by atoms with Crippen LogP contribution in [-0.4, -0.2) is 18.3 Å². The van der Waals surface area contributed by atoms with E-state index >= 15 is 0 Å². The van der Waals surface area contributed by atoms with Gasteiger partial charge in [0.2, 0.25) is 5.91 Å². The topological polar surface area (TPSA) is 47.6 Å². The summed E-state index contributed by atoms with van der Waals surface area (Å²) < 4.78 is 5.06. The molecule has 0 saturated heterocycles. The third-order valence-corrected chi connectivity index (χ3v) is 3.18. The number of carbonyl (C=O) groups is 1. The van der Waals surface area contributed by atoms with Crippen LogP contribution >= 0.6 is 15.9 Å². The molecule has 0 fully saturated rings. The molecule has 0 spiro atoms. The molecule has 1 aromatic rings. The quantitative estimate of drug-likeness (QED) is 0.430. The van der Waals surface area contributed by atoms with Crippen LogP contribution in [-0.2, 0) is 16.2 Å². The maximum absolute atomic E-state index is 11.4. The third kappa shape index (κ3) is 7.18. The van der Waals surface area contributed by atoms with Crippen LogP contribution in [0.4, 0.5) is 0 Å². The Balaban J connectivity index is 2.13. The lowest BCUT2D eigenvalue weighted by Gasteiger charge is -2.06. The van der Waals surface area contributed by atoms with Crippen LogP contribution in [0.25, 0.3) is 0 Å². The van der Waals surface area contributed by atoms with E-state index in [0.717, 1.165) is 35.9 Å². The first-order chi connectivity index (χ1) is 9.26. The van der Waals surface area contributed by atoms with Crippen molar-refractivity contribution in [2.24, 2.45) is 0 Å².